The second-order valence-corrected chi connectivity index (χ2v) is 6.49. The van der Waals surface area contributed by atoms with Crippen LogP contribution in [0.1, 0.15) is 46.6 Å². The molecule has 0 amide bonds. The fraction of sp³-hybridized carbons (Fsp3) is 0.562. The molecule has 1 heterocycles. The summed E-state index contributed by atoms with van der Waals surface area (Å²) in [5.41, 5.74) is 0.923. The molecule has 4 heteroatoms. The van der Waals surface area contributed by atoms with Gasteiger partial charge in [0.05, 0.1) is 11.3 Å². The van der Waals surface area contributed by atoms with Crippen LogP contribution in [0, 0.1) is 0 Å². The van der Waals surface area contributed by atoms with E-state index >= 15 is 0 Å². The van der Waals surface area contributed by atoms with Gasteiger partial charge in [-0.05, 0) is 46.8 Å². The number of benzene rings is 1. The van der Waals surface area contributed by atoms with Crippen molar-refractivity contribution in [2.75, 3.05) is 0 Å². The van der Waals surface area contributed by atoms with Crippen LogP contribution in [0.3, 0.4) is 0 Å². The quantitative estimate of drug-likeness (QED) is 0.521. The summed E-state index contributed by atoms with van der Waals surface area (Å²) in [6.07, 6.45) is 0.844. The van der Waals surface area contributed by atoms with E-state index in [1.807, 2.05) is 24.3 Å². The summed E-state index contributed by atoms with van der Waals surface area (Å²) in [6, 6.07) is 7.58. The Bertz CT molecular complexity index is 520. The maximum atomic E-state index is 8.84. The summed E-state index contributed by atoms with van der Waals surface area (Å²) >= 11 is 0. The van der Waals surface area contributed by atoms with Gasteiger partial charge in [-0.25, -0.2) is 0 Å². The highest BCUT2D eigenvalue weighted by Crippen LogP contribution is 2.39. The fourth-order valence-electron chi connectivity index (χ4n) is 2.71. The number of hydrogen-bond donors (Lipinski definition) is 1. The minimum atomic E-state index is -0.320. The minimum Gasteiger partial charge on any atom is -0.487 e. The monoisotopic (exact) mass is 277 g/mol. The number of oxime groups is 1. The van der Waals surface area contributed by atoms with Crippen LogP contribution >= 0.6 is 0 Å². The van der Waals surface area contributed by atoms with E-state index in [4.69, 9.17) is 14.7 Å². The third-order valence-corrected chi connectivity index (χ3v) is 3.67. The first-order chi connectivity index (χ1) is 9.23. The van der Waals surface area contributed by atoms with E-state index in [2.05, 4.69) is 32.9 Å². The topological polar surface area (TPSA) is 51.1 Å². The molecule has 0 saturated carbocycles. The number of hydrogen-bond acceptors (Lipinski definition) is 4. The van der Waals surface area contributed by atoms with Crippen molar-refractivity contribution in [1.29, 1.82) is 0 Å². The molecule has 0 aromatic heterocycles. The Balaban J connectivity index is 2.19. The van der Waals surface area contributed by atoms with Gasteiger partial charge < -0.3 is 14.7 Å². The van der Waals surface area contributed by atoms with Crippen LogP contribution in [0.4, 0.5) is 0 Å². The molecule has 1 aliphatic rings. The first kappa shape index (κ1) is 14.9. The molecule has 1 N–H and O–H groups in total. The van der Waals surface area contributed by atoms with Crippen molar-refractivity contribution in [2.45, 2.75) is 58.3 Å². The number of ether oxygens (including phenoxy) is 2. The predicted molar refractivity (Wildman–Crippen MR) is 78.7 cm³/mol. The second-order valence-electron chi connectivity index (χ2n) is 6.49. The summed E-state index contributed by atoms with van der Waals surface area (Å²) in [4.78, 5) is 0. The Morgan fingerprint density at radius 3 is 2.60 bits per heavy atom. The molecule has 1 aromatic rings. The van der Waals surface area contributed by atoms with Crippen LogP contribution in [0.5, 0.6) is 5.75 Å². The van der Waals surface area contributed by atoms with E-state index in [1.165, 1.54) is 0 Å². The number of rotatable bonds is 3. The van der Waals surface area contributed by atoms with Gasteiger partial charge in [0.2, 0.25) is 0 Å². The first-order valence-corrected chi connectivity index (χ1v) is 6.89. The Labute approximate surface area is 120 Å². The molecule has 20 heavy (non-hydrogen) atoms. The van der Waals surface area contributed by atoms with Crippen LogP contribution in [0.25, 0.3) is 0 Å². The summed E-state index contributed by atoms with van der Waals surface area (Å²) in [5.74, 6) is 0.768. The van der Waals surface area contributed by atoms with E-state index in [0.29, 0.717) is 5.71 Å². The van der Waals surface area contributed by atoms with E-state index in [-0.39, 0.29) is 17.3 Å². The summed E-state index contributed by atoms with van der Waals surface area (Å²) in [5, 5.41) is 12.1. The molecule has 1 unspecified atom stereocenters. The van der Waals surface area contributed by atoms with Gasteiger partial charge in [0.1, 0.15) is 17.5 Å². The smallest absolute Gasteiger partial charge is 0.130 e. The molecule has 1 fully saturated rings. The molecule has 110 valence electrons. The van der Waals surface area contributed by atoms with E-state index < -0.39 is 0 Å². The lowest BCUT2D eigenvalue weighted by Gasteiger charge is -2.27. The molecule has 1 aliphatic heterocycles. The molecular weight excluding hydrogens is 254 g/mol. The van der Waals surface area contributed by atoms with Crippen molar-refractivity contribution in [3.05, 3.63) is 29.8 Å². The van der Waals surface area contributed by atoms with E-state index in [9.17, 15) is 0 Å². The Morgan fingerprint density at radius 2 is 2.05 bits per heavy atom. The molecule has 0 bridgehead atoms. The van der Waals surface area contributed by atoms with Crippen molar-refractivity contribution < 1.29 is 14.7 Å². The Kier molecular flexibility index (Phi) is 3.78. The van der Waals surface area contributed by atoms with Gasteiger partial charge in [-0.2, -0.15) is 0 Å². The van der Waals surface area contributed by atoms with Gasteiger partial charge >= 0.3 is 0 Å². The average molecular weight is 277 g/mol. The van der Waals surface area contributed by atoms with Crippen LogP contribution < -0.4 is 4.74 Å². The van der Waals surface area contributed by atoms with Crippen LogP contribution in [-0.4, -0.2) is 28.2 Å². The summed E-state index contributed by atoms with van der Waals surface area (Å²) in [6.45, 7) is 10.0. The SMILES string of the molecule is C/C(=N/O)c1cccc(OC2CC(C)(C)OC2(C)C)c1. The average Bonchev–Trinajstić information content (AvgIpc) is 2.56. The van der Waals surface area contributed by atoms with Gasteiger partial charge in [-0.1, -0.05) is 17.3 Å². The van der Waals surface area contributed by atoms with E-state index in [1.54, 1.807) is 6.92 Å². The van der Waals surface area contributed by atoms with Crippen molar-refractivity contribution >= 4 is 5.71 Å². The minimum absolute atomic E-state index is 0.000813. The van der Waals surface area contributed by atoms with Crippen LogP contribution in [0.15, 0.2) is 29.4 Å². The molecular formula is C16H23NO3. The zero-order chi connectivity index (χ0) is 15.0. The molecule has 0 spiro atoms. The largest absolute Gasteiger partial charge is 0.487 e. The Hall–Kier alpha value is -1.55. The normalized spacial score (nSPS) is 24.6. The van der Waals surface area contributed by atoms with Gasteiger partial charge in [0.25, 0.3) is 0 Å². The molecule has 1 atom stereocenters. The van der Waals surface area contributed by atoms with Crippen molar-refractivity contribution in [1.82, 2.24) is 0 Å². The Morgan fingerprint density at radius 1 is 1.35 bits per heavy atom. The molecule has 2 rings (SSSR count). The predicted octanol–water partition coefficient (Wildman–Crippen LogP) is 3.61. The maximum absolute atomic E-state index is 8.84. The summed E-state index contributed by atoms with van der Waals surface area (Å²) < 4.78 is 12.1. The third-order valence-electron chi connectivity index (χ3n) is 3.67. The fourth-order valence-corrected chi connectivity index (χ4v) is 2.71. The summed E-state index contributed by atoms with van der Waals surface area (Å²) in [7, 11) is 0. The first-order valence-electron chi connectivity index (χ1n) is 6.89. The zero-order valence-corrected chi connectivity index (χ0v) is 12.8. The zero-order valence-electron chi connectivity index (χ0n) is 12.8. The van der Waals surface area contributed by atoms with Gasteiger partial charge in [-0.15, -0.1) is 0 Å². The van der Waals surface area contributed by atoms with Crippen molar-refractivity contribution in [2.24, 2.45) is 5.16 Å². The lowest BCUT2D eigenvalue weighted by molar-refractivity contribution is -0.0846. The second kappa shape index (κ2) is 5.09. The molecule has 4 nitrogen and oxygen atoms in total. The molecule has 0 radical (unpaired) electrons. The third kappa shape index (κ3) is 3.12. The lowest BCUT2D eigenvalue weighted by atomic mass is 9.97. The van der Waals surface area contributed by atoms with Gasteiger partial charge in [0, 0.05) is 12.0 Å². The molecule has 1 aromatic carbocycles. The van der Waals surface area contributed by atoms with Gasteiger partial charge in [0.15, 0.2) is 0 Å². The molecule has 1 saturated heterocycles. The van der Waals surface area contributed by atoms with Gasteiger partial charge in [-0.3, -0.25) is 0 Å². The maximum Gasteiger partial charge on any atom is 0.130 e. The standard InChI is InChI=1S/C16H23NO3/c1-11(17-18)12-7-6-8-13(9-12)19-14-10-15(2,3)20-16(14,4)5/h6-9,14,18H,10H2,1-5H3/b17-11-. The highest BCUT2D eigenvalue weighted by atomic mass is 16.6. The lowest BCUT2D eigenvalue weighted by Crippen LogP contribution is -2.36. The molecule has 0 aliphatic carbocycles. The van der Waals surface area contributed by atoms with Crippen LogP contribution in [-0.2, 0) is 4.74 Å². The van der Waals surface area contributed by atoms with Crippen molar-refractivity contribution in [3.63, 3.8) is 0 Å². The number of nitrogens with zero attached hydrogens (tertiary/aromatic N) is 1. The highest BCUT2D eigenvalue weighted by Gasteiger charge is 2.47. The van der Waals surface area contributed by atoms with Crippen LogP contribution in [0.2, 0.25) is 0 Å². The highest BCUT2D eigenvalue weighted by molar-refractivity contribution is 5.98. The van der Waals surface area contributed by atoms with Crippen molar-refractivity contribution in [3.8, 4) is 5.75 Å². The van der Waals surface area contributed by atoms with E-state index in [0.717, 1.165) is 17.7 Å².